The number of likely N-dealkylation sites (tertiary alicyclic amines) is 1. The summed E-state index contributed by atoms with van der Waals surface area (Å²) in [7, 11) is -1.61. The molecule has 1 aromatic carbocycles. The maximum atomic E-state index is 12.4. The van der Waals surface area contributed by atoms with Gasteiger partial charge in [0.1, 0.15) is 0 Å². The summed E-state index contributed by atoms with van der Waals surface area (Å²) in [6, 6.07) is 2.93. The molecule has 1 fully saturated rings. The molecule has 2 rings (SSSR count). The molecule has 1 unspecified atom stereocenters. The molecular weight excluding hydrogens is 286 g/mol. The number of nitrogens with one attached hydrogen (secondary N) is 1. The Morgan fingerprint density at radius 3 is 2.74 bits per heavy atom. The van der Waals surface area contributed by atoms with Gasteiger partial charge in [-0.1, -0.05) is 11.6 Å². The number of sulfonamides is 1. The molecule has 0 saturated carbocycles. The minimum atomic E-state index is -3.58. The van der Waals surface area contributed by atoms with Crippen LogP contribution in [-0.2, 0) is 10.0 Å². The number of hydrogen-bond acceptors (Lipinski definition) is 4. The number of rotatable bonds is 3. The van der Waals surface area contributed by atoms with Gasteiger partial charge < -0.3 is 10.6 Å². The second-order valence-corrected chi connectivity index (χ2v) is 7.11. The lowest BCUT2D eigenvalue weighted by Crippen LogP contribution is -2.36. The Bertz CT molecular complexity index is 589. The van der Waals surface area contributed by atoms with Crippen molar-refractivity contribution in [3.8, 4) is 0 Å². The molecule has 0 spiro atoms. The Balaban J connectivity index is 2.29. The monoisotopic (exact) mass is 303 g/mol. The van der Waals surface area contributed by atoms with Gasteiger partial charge in [-0.05, 0) is 44.6 Å². The molecule has 1 aliphatic heterocycles. The Hall–Kier alpha value is -0.820. The van der Waals surface area contributed by atoms with Crippen LogP contribution in [-0.4, -0.2) is 39.5 Å². The van der Waals surface area contributed by atoms with Crippen molar-refractivity contribution in [1.29, 1.82) is 0 Å². The minimum Gasteiger partial charge on any atom is -0.398 e. The van der Waals surface area contributed by atoms with E-state index in [2.05, 4.69) is 9.62 Å². The highest BCUT2D eigenvalue weighted by atomic mass is 35.5. The zero-order valence-corrected chi connectivity index (χ0v) is 12.6. The SMILES string of the molecule is Cc1c(N)cc(Cl)cc1S(=O)(=O)NC1CCN(C)C1. The molecule has 0 aliphatic carbocycles. The van der Waals surface area contributed by atoms with Gasteiger partial charge in [0, 0.05) is 23.3 Å². The van der Waals surface area contributed by atoms with Crippen molar-refractivity contribution < 1.29 is 8.42 Å². The van der Waals surface area contributed by atoms with Gasteiger partial charge in [-0.15, -0.1) is 0 Å². The first-order chi connectivity index (χ1) is 8.79. The Morgan fingerprint density at radius 1 is 1.47 bits per heavy atom. The van der Waals surface area contributed by atoms with Crippen molar-refractivity contribution in [2.75, 3.05) is 25.9 Å². The van der Waals surface area contributed by atoms with Crippen LogP contribution >= 0.6 is 11.6 Å². The molecule has 1 aliphatic rings. The van der Waals surface area contributed by atoms with E-state index in [0.29, 0.717) is 22.8 Å². The zero-order valence-electron chi connectivity index (χ0n) is 11.0. The summed E-state index contributed by atoms with van der Waals surface area (Å²) in [6.07, 6.45) is 0.810. The van der Waals surface area contributed by atoms with Crippen LogP contribution in [0.5, 0.6) is 0 Å². The largest absolute Gasteiger partial charge is 0.398 e. The lowest BCUT2D eigenvalue weighted by molar-refractivity contribution is 0.407. The molecule has 0 bridgehead atoms. The Morgan fingerprint density at radius 2 is 2.16 bits per heavy atom. The zero-order chi connectivity index (χ0) is 14.2. The summed E-state index contributed by atoms with van der Waals surface area (Å²) in [5.74, 6) is 0. The van der Waals surface area contributed by atoms with Crippen LogP contribution in [0.4, 0.5) is 5.69 Å². The fourth-order valence-electron chi connectivity index (χ4n) is 2.27. The third kappa shape index (κ3) is 3.20. The smallest absolute Gasteiger partial charge is 0.241 e. The van der Waals surface area contributed by atoms with Crippen molar-refractivity contribution in [2.24, 2.45) is 0 Å². The fraction of sp³-hybridized carbons (Fsp3) is 0.500. The van der Waals surface area contributed by atoms with Gasteiger partial charge in [0.15, 0.2) is 0 Å². The number of nitrogens with zero attached hydrogens (tertiary/aromatic N) is 1. The van der Waals surface area contributed by atoms with Crippen molar-refractivity contribution in [1.82, 2.24) is 9.62 Å². The molecule has 0 radical (unpaired) electrons. The highest BCUT2D eigenvalue weighted by Gasteiger charge is 2.27. The first-order valence-corrected chi connectivity index (χ1v) is 7.92. The van der Waals surface area contributed by atoms with Gasteiger partial charge in [0.25, 0.3) is 0 Å². The lowest BCUT2D eigenvalue weighted by atomic mass is 10.2. The molecule has 1 saturated heterocycles. The van der Waals surface area contributed by atoms with Gasteiger partial charge in [-0.3, -0.25) is 0 Å². The summed E-state index contributed by atoms with van der Waals surface area (Å²) >= 11 is 5.89. The van der Waals surface area contributed by atoms with E-state index in [1.54, 1.807) is 13.0 Å². The molecule has 106 valence electrons. The van der Waals surface area contributed by atoms with Crippen molar-refractivity contribution in [2.45, 2.75) is 24.3 Å². The predicted molar refractivity (Wildman–Crippen MR) is 76.8 cm³/mol. The molecule has 0 amide bonds. The summed E-state index contributed by atoms with van der Waals surface area (Å²) in [5.41, 5.74) is 6.68. The van der Waals surface area contributed by atoms with Crippen molar-refractivity contribution >= 4 is 27.3 Å². The Kier molecular flexibility index (Phi) is 4.06. The van der Waals surface area contributed by atoms with E-state index in [9.17, 15) is 8.42 Å². The predicted octanol–water partition coefficient (Wildman–Crippen LogP) is 1.21. The van der Waals surface area contributed by atoms with Crippen LogP contribution in [0.3, 0.4) is 0 Å². The number of hydrogen-bond donors (Lipinski definition) is 2. The minimum absolute atomic E-state index is 0.0605. The van der Waals surface area contributed by atoms with E-state index in [0.717, 1.165) is 13.0 Å². The van der Waals surface area contributed by atoms with Crippen LogP contribution in [0.25, 0.3) is 0 Å². The van der Waals surface area contributed by atoms with Crippen molar-refractivity contribution in [3.05, 3.63) is 22.7 Å². The van der Waals surface area contributed by atoms with Crippen LogP contribution in [0.1, 0.15) is 12.0 Å². The van der Waals surface area contributed by atoms with Gasteiger partial charge in [-0.2, -0.15) is 0 Å². The number of benzene rings is 1. The van der Waals surface area contributed by atoms with Gasteiger partial charge in [0.05, 0.1) is 4.90 Å². The van der Waals surface area contributed by atoms with Crippen LogP contribution in [0.2, 0.25) is 5.02 Å². The molecule has 19 heavy (non-hydrogen) atoms. The second-order valence-electron chi connectivity index (χ2n) is 4.99. The summed E-state index contributed by atoms with van der Waals surface area (Å²) in [6.45, 7) is 3.29. The third-order valence-electron chi connectivity index (χ3n) is 3.37. The van der Waals surface area contributed by atoms with E-state index in [1.807, 2.05) is 7.05 Å². The van der Waals surface area contributed by atoms with Crippen LogP contribution in [0, 0.1) is 6.92 Å². The van der Waals surface area contributed by atoms with E-state index in [1.165, 1.54) is 6.07 Å². The normalized spacial score (nSPS) is 20.9. The first-order valence-electron chi connectivity index (χ1n) is 6.06. The molecule has 1 heterocycles. The average Bonchev–Trinajstić information content (AvgIpc) is 2.68. The maximum Gasteiger partial charge on any atom is 0.241 e. The fourth-order valence-corrected chi connectivity index (χ4v) is 4.12. The number of anilines is 1. The molecule has 5 nitrogen and oxygen atoms in total. The van der Waals surface area contributed by atoms with Crippen LogP contribution < -0.4 is 10.5 Å². The van der Waals surface area contributed by atoms with Gasteiger partial charge in [0.2, 0.25) is 10.0 Å². The second kappa shape index (κ2) is 5.28. The molecule has 7 heteroatoms. The molecule has 3 N–H and O–H groups in total. The topological polar surface area (TPSA) is 75.4 Å². The third-order valence-corrected chi connectivity index (χ3v) is 5.23. The van der Waals surface area contributed by atoms with Crippen LogP contribution in [0.15, 0.2) is 17.0 Å². The summed E-state index contributed by atoms with van der Waals surface area (Å²) in [5, 5.41) is 0.326. The van der Waals surface area contributed by atoms with E-state index in [-0.39, 0.29) is 10.9 Å². The highest BCUT2D eigenvalue weighted by Crippen LogP contribution is 2.26. The van der Waals surface area contributed by atoms with E-state index in [4.69, 9.17) is 17.3 Å². The summed E-state index contributed by atoms with van der Waals surface area (Å²) in [4.78, 5) is 2.25. The number of halogens is 1. The standard InChI is InChI=1S/C12H18ClN3O2S/c1-8-11(14)5-9(13)6-12(8)19(17,18)15-10-3-4-16(2)7-10/h5-6,10,15H,3-4,7,14H2,1-2H3. The van der Waals surface area contributed by atoms with Gasteiger partial charge in [-0.25, -0.2) is 13.1 Å². The van der Waals surface area contributed by atoms with Crippen molar-refractivity contribution in [3.63, 3.8) is 0 Å². The van der Waals surface area contributed by atoms with Gasteiger partial charge >= 0.3 is 0 Å². The number of nitrogen functional groups attached to an aromatic ring is 1. The van der Waals surface area contributed by atoms with E-state index >= 15 is 0 Å². The molecule has 1 atom stereocenters. The Labute approximate surface area is 118 Å². The number of nitrogens with two attached hydrogens (primary N) is 1. The average molecular weight is 304 g/mol. The lowest BCUT2D eigenvalue weighted by Gasteiger charge is -2.15. The molecular formula is C12H18ClN3O2S. The molecule has 0 aromatic heterocycles. The summed E-state index contributed by atoms with van der Waals surface area (Å²) < 4.78 is 27.5. The highest BCUT2D eigenvalue weighted by molar-refractivity contribution is 7.89. The molecule has 1 aromatic rings. The quantitative estimate of drug-likeness (QED) is 0.823. The van der Waals surface area contributed by atoms with E-state index < -0.39 is 10.0 Å². The maximum absolute atomic E-state index is 12.4. The first kappa shape index (κ1) is 14.6. The number of likely N-dealkylation sites (N-methyl/N-ethyl adjacent to an activating group) is 1.